The number of ether oxygens (including phenoxy) is 1. The standard InChI is InChI=1S/C23H21N3O2S2/c1-14-23(30-15(2)25-14)19-13-29-22(26-19)11-18-9-8-17(12-24-18)20(27)10-16-6-4-5-7-21(16)28-3/h4-9,12-13H,10-11H2,1-3H3. The second-order valence-electron chi connectivity index (χ2n) is 6.90. The largest absolute Gasteiger partial charge is 0.496 e. The Balaban J connectivity index is 1.44. The van der Waals surface area contributed by atoms with Crippen LogP contribution in [-0.4, -0.2) is 27.8 Å². The van der Waals surface area contributed by atoms with Gasteiger partial charge in [-0.3, -0.25) is 9.78 Å². The molecule has 0 saturated carbocycles. The molecule has 0 amide bonds. The maximum Gasteiger partial charge on any atom is 0.168 e. The minimum atomic E-state index is 0.0196. The SMILES string of the molecule is COc1ccccc1CC(=O)c1ccc(Cc2nc(-c3sc(C)nc3C)cs2)nc1. The van der Waals surface area contributed by atoms with Gasteiger partial charge in [0.1, 0.15) is 5.75 Å². The number of nitrogens with zero attached hydrogens (tertiary/aromatic N) is 3. The maximum atomic E-state index is 12.6. The molecule has 30 heavy (non-hydrogen) atoms. The predicted molar refractivity (Wildman–Crippen MR) is 121 cm³/mol. The van der Waals surface area contributed by atoms with Crippen molar-refractivity contribution in [1.82, 2.24) is 15.0 Å². The first-order valence-electron chi connectivity index (χ1n) is 9.52. The van der Waals surface area contributed by atoms with Crippen molar-refractivity contribution in [3.8, 4) is 16.3 Å². The minimum Gasteiger partial charge on any atom is -0.496 e. The highest BCUT2D eigenvalue weighted by molar-refractivity contribution is 7.15. The molecule has 0 fully saturated rings. The van der Waals surface area contributed by atoms with Gasteiger partial charge in [0.15, 0.2) is 5.78 Å². The number of para-hydroxylation sites is 1. The van der Waals surface area contributed by atoms with E-state index in [4.69, 9.17) is 9.72 Å². The van der Waals surface area contributed by atoms with Gasteiger partial charge in [0.2, 0.25) is 0 Å². The van der Waals surface area contributed by atoms with Crippen molar-refractivity contribution in [2.24, 2.45) is 0 Å². The van der Waals surface area contributed by atoms with Crippen LogP contribution in [0.3, 0.4) is 0 Å². The summed E-state index contributed by atoms with van der Waals surface area (Å²) in [5.74, 6) is 0.743. The van der Waals surface area contributed by atoms with E-state index in [9.17, 15) is 4.79 Å². The van der Waals surface area contributed by atoms with E-state index in [1.54, 1.807) is 36.0 Å². The molecule has 5 nitrogen and oxygen atoms in total. The molecule has 0 aliphatic rings. The fourth-order valence-corrected chi connectivity index (χ4v) is 4.99. The second kappa shape index (κ2) is 8.85. The number of methoxy groups -OCH3 is 1. The summed E-state index contributed by atoms with van der Waals surface area (Å²) in [4.78, 5) is 27.5. The van der Waals surface area contributed by atoms with Crippen molar-refractivity contribution in [2.45, 2.75) is 26.7 Å². The number of hydrogen-bond acceptors (Lipinski definition) is 7. The molecule has 4 aromatic rings. The normalized spacial score (nSPS) is 10.9. The van der Waals surface area contributed by atoms with Gasteiger partial charge in [-0.25, -0.2) is 9.97 Å². The van der Waals surface area contributed by atoms with E-state index in [2.05, 4.69) is 15.3 Å². The first-order chi connectivity index (χ1) is 14.5. The number of carbonyl (C=O) groups is 1. The minimum absolute atomic E-state index is 0.0196. The molecule has 0 aliphatic heterocycles. The topological polar surface area (TPSA) is 65.0 Å². The van der Waals surface area contributed by atoms with Crippen LogP contribution >= 0.6 is 22.7 Å². The number of aromatic nitrogens is 3. The second-order valence-corrected chi connectivity index (χ2v) is 9.05. The highest BCUT2D eigenvalue weighted by Gasteiger charge is 2.14. The monoisotopic (exact) mass is 435 g/mol. The molecule has 3 aromatic heterocycles. The number of benzene rings is 1. The summed E-state index contributed by atoms with van der Waals surface area (Å²) >= 11 is 3.29. The number of hydrogen-bond donors (Lipinski definition) is 0. The Kier molecular flexibility index (Phi) is 6.01. The van der Waals surface area contributed by atoms with E-state index >= 15 is 0 Å². The number of pyridine rings is 1. The van der Waals surface area contributed by atoms with Crippen molar-refractivity contribution < 1.29 is 9.53 Å². The van der Waals surface area contributed by atoms with Crippen LogP contribution in [0.1, 0.15) is 37.3 Å². The van der Waals surface area contributed by atoms with Gasteiger partial charge in [-0.2, -0.15) is 0 Å². The zero-order valence-corrected chi connectivity index (χ0v) is 18.6. The fraction of sp³-hybridized carbons (Fsp3) is 0.217. The maximum absolute atomic E-state index is 12.6. The first-order valence-corrected chi connectivity index (χ1v) is 11.2. The number of thiazole rings is 2. The number of ketones is 1. The van der Waals surface area contributed by atoms with Gasteiger partial charge in [0.05, 0.1) is 33.4 Å². The van der Waals surface area contributed by atoms with E-state index in [0.29, 0.717) is 12.0 Å². The third-order valence-corrected chi connectivity index (χ3v) is 6.65. The average molecular weight is 436 g/mol. The summed E-state index contributed by atoms with van der Waals surface area (Å²) in [5.41, 5.74) is 4.35. The van der Waals surface area contributed by atoms with Crippen LogP contribution in [0.25, 0.3) is 10.6 Å². The summed E-state index contributed by atoms with van der Waals surface area (Å²) in [7, 11) is 1.61. The van der Waals surface area contributed by atoms with E-state index in [1.165, 1.54) is 0 Å². The Labute approximate surface area is 183 Å². The van der Waals surface area contributed by atoms with Crippen LogP contribution in [0, 0.1) is 13.8 Å². The number of carbonyl (C=O) groups excluding carboxylic acids is 1. The Bertz CT molecular complexity index is 1180. The summed E-state index contributed by atoms with van der Waals surface area (Å²) in [6.45, 7) is 4.02. The molecule has 152 valence electrons. The van der Waals surface area contributed by atoms with Gasteiger partial charge in [0.25, 0.3) is 0 Å². The van der Waals surface area contributed by atoms with Gasteiger partial charge >= 0.3 is 0 Å². The molecule has 4 rings (SSSR count). The summed E-state index contributed by atoms with van der Waals surface area (Å²) in [6, 6.07) is 11.3. The molecule has 0 radical (unpaired) electrons. The molecule has 0 atom stereocenters. The van der Waals surface area contributed by atoms with Crippen molar-refractivity contribution in [3.63, 3.8) is 0 Å². The number of aryl methyl sites for hydroxylation is 2. The molecule has 1 aromatic carbocycles. The highest BCUT2D eigenvalue weighted by atomic mass is 32.1. The highest BCUT2D eigenvalue weighted by Crippen LogP contribution is 2.31. The molecular weight excluding hydrogens is 414 g/mol. The quantitative estimate of drug-likeness (QED) is 0.368. The Hall–Kier alpha value is -2.90. The predicted octanol–water partition coefficient (Wildman–Crippen LogP) is 5.30. The molecule has 0 unspecified atom stereocenters. The molecule has 0 bridgehead atoms. The van der Waals surface area contributed by atoms with Crippen LogP contribution in [0.4, 0.5) is 0 Å². The zero-order valence-electron chi connectivity index (χ0n) is 17.0. The van der Waals surface area contributed by atoms with Gasteiger partial charge in [-0.05, 0) is 32.0 Å². The van der Waals surface area contributed by atoms with Crippen molar-refractivity contribution in [1.29, 1.82) is 0 Å². The van der Waals surface area contributed by atoms with Crippen LogP contribution in [0.15, 0.2) is 48.0 Å². The summed E-state index contributed by atoms with van der Waals surface area (Å²) in [5, 5.41) is 4.11. The van der Waals surface area contributed by atoms with Crippen LogP contribution < -0.4 is 4.74 Å². The number of Topliss-reactive ketones (excluding diaryl/α,β-unsaturated/α-hetero) is 1. The fourth-order valence-electron chi connectivity index (χ4n) is 3.24. The molecule has 3 heterocycles. The van der Waals surface area contributed by atoms with Crippen molar-refractivity contribution in [2.75, 3.05) is 7.11 Å². The zero-order chi connectivity index (χ0) is 21.1. The smallest absolute Gasteiger partial charge is 0.168 e. The molecule has 0 N–H and O–H groups in total. The summed E-state index contributed by atoms with van der Waals surface area (Å²) in [6.07, 6.45) is 2.58. The Morgan fingerprint density at radius 1 is 1.10 bits per heavy atom. The molecule has 0 saturated heterocycles. The Morgan fingerprint density at radius 3 is 2.63 bits per heavy atom. The van der Waals surface area contributed by atoms with E-state index in [1.807, 2.05) is 50.2 Å². The lowest BCUT2D eigenvalue weighted by Gasteiger charge is -2.07. The number of rotatable bonds is 7. The Morgan fingerprint density at radius 2 is 1.93 bits per heavy atom. The van der Waals surface area contributed by atoms with E-state index < -0.39 is 0 Å². The summed E-state index contributed by atoms with van der Waals surface area (Å²) < 4.78 is 5.33. The first kappa shape index (κ1) is 20.4. The molecule has 0 aliphatic carbocycles. The average Bonchev–Trinajstić information content (AvgIpc) is 3.34. The molecule has 7 heteroatoms. The van der Waals surface area contributed by atoms with E-state index in [0.717, 1.165) is 43.3 Å². The lowest BCUT2D eigenvalue weighted by Crippen LogP contribution is -2.06. The van der Waals surface area contributed by atoms with Gasteiger partial charge in [-0.15, -0.1) is 22.7 Å². The van der Waals surface area contributed by atoms with Crippen LogP contribution in [0.2, 0.25) is 0 Å². The third-order valence-electron chi connectivity index (χ3n) is 4.71. The van der Waals surface area contributed by atoms with Gasteiger partial charge in [-0.1, -0.05) is 18.2 Å². The van der Waals surface area contributed by atoms with Gasteiger partial charge < -0.3 is 4.74 Å². The van der Waals surface area contributed by atoms with E-state index in [-0.39, 0.29) is 12.2 Å². The van der Waals surface area contributed by atoms with Crippen molar-refractivity contribution in [3.05, 3.63) is 80.5 Å². The van der Waals surface area contributed by atoms with Crippen molar-refractivity contribution >= 4 is 28.5 Å². The molecular formula is C23H21N3O2S2. The van der Waals surface area contributed by atoms with Crippen LogP contribution in [0.5, 0.6) is 5.75 Å². The van der Waals surface area contributed by atoms with Gasteiger partial charge in [0, 0.05) is 41.2 Å². The lowest BCUT2D eigenvalue weighted by molar-refractivity contribution is 0.0991. The molecule has 0 spiro atoms. The lowest BCUT2D eigenvalue weighted by atomic mass is 10.0. The van der Waals surface area contributed by atoms with Crippen LogP contribution in [-0.2, 0) is 12.8 Å². The third kappa shape index (κ3) is 4.47.